The van der Waals surface area contributed by atoms with E-state index in [2.05, 4.69) is 44.0 Å². The number of amides is 5. The lowest BCUT2D eigenvalue weighted by molar-refractivity contribution is -0.134. The van der Waals surface area contributed by atoms with Gasteiger partial charge in [0.1, 0.15) is 5.75 Å². The summed E-state index contributed by atoms with van der Waals surface area (Å²) < 4.78 is 6.88. The van der Waals surface area contributed by atoms with Crippen molar-refractivity contribution in [2.75, 3.05) is 39.3 Å². The molecule has 1 unspecified atom stereocenters. The second-order valence-corrected chi connectivity index (χ2v) is 13.5. The van der Waals surface area contributed by atoms with Crippen molar-refractivity contribution >= 4 is 51.5 Å². The number of aryl methyl sites for hydroxylation is 2. The number of urea groups is 2. The van der Waals surface area contributed by atoms with Gasteiger partial charge in [-0.05, 0) is 94.6 Å². The Hall–Kier alpha value is -4.00. The van der Waals surface area contributed by atoms with E-state index >= 15 is 0 Å². The van der Waals surface area contributed by atoms with E-state index in [0.29, 0.717) is 38.3 Å². The molecule has 3 N–H and O–H groups in total. The number of rotatable bonds is 4. The topological polar surface area (TPSA) is 133 Å². The van der Waals surface area contributed by atoms with Crippen LogP contribution in [0.3, 0.4) is 0 Å². The summed E-state index contributed by atoms with van der Waals surface area (Å²) in [7, 11) is 0. The fourth-order valence-corrected chi connectivity index (χ4v) is 7.26. The Morgan fingerprint density at radius 1 is 0.957 bits per heavy atom. The number of nitrogens with two attached hydrogens (primary N) is 1. The molecule has 246 valence electrons. The van der Waals surface area contributed by atoms with Gasteiger partial charge in [0, 0.05) is 61.4 Å². The van der Waals surface area contributed by atoms with E-state index in [-0.39, 0.29) is 23.9 Å². The monoisotopic (exact) mass is 721 g/mol. The lowest BCUT2D eigenvalue weighted by atomic mass is 9.93. The van der Waals surface area contributed by atoms with Gasteiger partial charge in [-0.1, -0.05) is 35.9 Å². The molecular formula is C34H37BrClN7O4. The van der Waals surface area contributed by atoms with Gasteiger partial charge in [0.2, 0.25) is 5.91 Å². The molecule has 3 heterocycles. The molecule has 3 aliphatic rings. The molecule has 47 heavy (non-hydrogen) atoms. The van der Waals surface area contributed by atoms with Crippen molar-refractivity contribution in [1.82, 2.24) is 25.0 Å². The smallest absolute Gasteiger partial charge is 0.353 e. The zero-order chi connectivity index (χ0) is 32.9. The van der Waals surface area contributed by atoms with E-state index in [4.69, 9.17) is 27.1 Å². The lowest BCUT2D eigenvalue weighted by Gasteiger charge is -2.40. The number of benzene rings is 2. The predicted molar refractivity (Wildman–Crippen MR) is 182 cm³/mol. The van der Waals surface area contributed by atoms with E-state index in [1.54, 1.807) is 12.1 Å². The second kappa shape index (κ2) is 14.8. The van der Waals surface area contributed by atoms with Gasteiger partial charge in [0.05, 0.1) is 11.7 Å². The summed E-state index contributed by atoms with van der Waals surface area (Å²) in [5.74, 6) is 0.869. The normalized spacial score (nSPS) is 18.9. The fourth-order valence-electron chi connectivity index (χ4n) is 6.69. The maximum atomic E-state index is 13.5. The van der Waals surface area contributed by atoms with Gasteiger partial charge in [0.25, 0.3) is 0 Å². The van der Waals surface area contributed by atoms with Crippen molar-refractivity contribution < 1.29 is 19.1 Å². The average Bonchev–Trinajstić information content (AvgIpc) is 3.21. The highest BCUT2D eigenvalue weighted by atomic mass is 79.9. The molecule has 1 aromatic heterocycles. The number of amidine groups is 1. The third kappa shape index (κ3) is 8.11. The number of fused-ring (bicyclic) bond motifs is 2. The zero-order valence-electron chi connectivity index (χ0n) is 25.9. The minimum Gasteiger partial charge on any atom is -0.426 e. The Morgan fingerprint density at radius 2 is 1.68 bits per heavy atom. The van der Waals surface area contributed by atoms with Crippen LogP contribution in [-0.2, 0) is 17.6 Å². The van der Waals surface area contributed by atoms with Crippen LogP contribution in [0.15, 0.2) is 70.3 Å². The number of piperazine rings is 1. The molecule has 11 nitrogen and oxygen atoms in total. The minimum absolute atomic E-state index is 0.00784. The van der Waals surface area contributed by atoms with Crippen molar-refractivity contribution in [2.24, 2.45) is 16.6 Å². The Bertz CT molecular complexity index is 1600. The van der Waals surface area contributed by atoms with Gasteiger partial charge in [-0.2, -0.15) is 0 Å². The van der Waals surface area contributed by atoms with Crippen LogP contribution >= 0.6 is 27.5 Å². The van der Waals surface area contributed by atoms with Crippen molar-refractivity contribution in [3.8, 4) is 5.75 Å². The Kier molecular flexibility index (Phi) is 10.4. The summed E-state index contributed by atoms with van der Waals surface area (Å²) in [6.07, 6.45) is 5.61. The van der Waals surface area contributed by atoms with Crippen LogP contribution in [0.5, 0.6) is 5.75 Å². The molecule has 2 saturated heterocycles. The van der Waals surface area contributed by atoms with Crippen LogP contribution < -0.4 is 15.8 Å². The SMILES string of the molecule is NC(=O)NC(=O)/N=C(\Oc1ccccc1)N1CCC(CC(=O)N2CCN(C3c4ccc(Cl)cc4CCc4cc(Br)cnc43)CC2)CC1. The molecule has 2 aliphatic heterocycles. The third-order valence-electron chi connectivity index (χ3n) is 9.05. The number of aliphatic imine (C=N–C) groups is 1. The number of likely N-dealkylation sites (tertiary alicyclic amines) is 1. The van der Waals surface area contributed by atoms with Crippen LogP contribution in [0.25, 0.3) is 0 Å². The molecular weight excluding hydrogens is 686 g/mol. The van der Waals surface area contributed by atoms with Gasteiger partial charge in [-0.3, -0.25) is 20.0 Å². The Morgan fingerprint density at radius 3 is 2.40 bits per heavy atom. The molecule has 3 aromatic rings. The number of primary amides is 1. The van der Waals surface area contributed by atoms with Crippen molar-refractivity contribution in [3.63, 3.8) is 0 Å². The van der Waals surface area contributed by atoms with Gasteiger partial charge >= 0.3 is 18.1 Å². The highest BCUT2D eigenvalue weighted by Crippen LogP contribution is 2.38. The predicted octanol–water partition coefficient (Wildman–Crippen LogP) is 5.16. The number of halogens is 2. The van der Waals surface area contributed by atoms with Crippen LogP contribution in [0.2, 0.25) is 5.02 Å². The number of pyridine rings is 1. The molecule has 0 bridgehead atoms. The van der Waals surface area contributed by atoms with Crippen LogP contribution in [0, 0.1) is 5.92 Å². The summed E-state index contributed by atoms with van der Waals surface area (Å²) in [5.41, 5.74) is 9.88. The highest BCUT2D eigenvalue weighted by molar-refractivity contribution is 9.10. The van der Waals surface area contributed by atoms with Crippen molar-refractivity contribution in [1.29, 1.82) is 0 Å². The van der Waals surface area contributed by atoms with Crippen molar-refractivity contribution in [2.45, 2.75) is 38.1 Å². The maximum absolute atomic E-state index is 13.5. The number of ether oxygens (including phenoxy) is 1. The summed E-state index contributed by atoms with van der Waals surface area (Å²) in [4.78, 5) is 52.0. The quantitative estimate of drug-likeness (QED) is 0.281. The summed E-state index contributed by atoms with van der Waals surface area (Å²) in [6.45, 7) is 3.90. The molecule has 2 fully saturated rings. The molecule has 13 heteroatoms. The van der Waals surface area contributed by atoms with E-state index in [9.17, 15) is 14.4 Å². The number of para-hydroxylation sites is 1. The standard InChI is InChI=1S/C34H37BrClN7O4/c35-25-19-24-7-6-23-20-26(36)8-9-28(23)31(30(24)38-21-25)42-16-14-41(15-17-42)29(44)18-22-10-12-43(13-11-22)34(40-33(46)39-32(37)45)47-27-4-2-1-3-5-27/h1-5,8-9,19-22,31H,6-7,10-18H2,(H3,37,39,45,46)/b40-34-. The zero-order valence-corrected chi connectivity index (χ0v) is 28.3. The summed E-state index contributed by atoms with van der Waals surface area (Å²) in [6, 6.07) is 15.5. The maximum Gasteiger partial charge on any atom is 0.353 e. The van der Waals surface area contributed by atoms with Gasteiger partial charge < -0.3 is 20.3 Å². The summed E-state index contributed by atoms with van der Waals surface area (Å²) in [5, 5.41) is 2.69. The number of aromatic nitrogens is 1. The molecule has 0 radical (unpaired) electrons. The molecule has 0 spiro atoms. The second-order valence-electron chi connectivity index (χ2n) is 12.1. The van der Waals surface area contributed by atoms with Crippen LogP contribution in [0.4, 0.5) is 9.59 Å². The number of carbonyl (C=O) groups is 3. The van der Waals surface area contributed by atoms with Gasteiger partial charge in [0.15, 0.2) is 0 Å². The molecule has 0 saturated carbocycles. The first kappa shape index (κ1) is 32.9. The van der Waals surface area contributed by atoms with Gasteiger partial charge in [-0.15, -0.1) is 4.99 Å². The largest absolute Gasteiger partial charge is 0.426 e. The van der Waals surface area contributed by atoms with E-state index in [0.717, 1.165) is 54.0 Å². The molecule has 5 amide bonds. The first-order valence-electron chi connectivity index (χ1n) is 15.8. The minimum atomic E-state index is -0.991. The molecule has 6 rings (SSSR count). The Labute approximate surface area is 287 Å². The average molecular weight is 723 g/mol. The number of imide groups is 1. The van der Waals surface area contributed by atoms with E-state index in [1.165, 1.54) is 16.7 Å². The molecule has 2 aromatic carbocycles. The first-order chi connectivity index (χ1) is 22.7. The van der Waals surface area contributed by atoms with Crippen LogP contribution in [0.1, 0.15) is 47.7 Å². The first-order valence-corrected chi connectivity index (χ1v) is 17.0. The summed E-state index contributed by atoms with van der Waals surface area (Å²) >= 11 is 10.00. The third-order valence-corrected chi connectivity index (χ3v) is 9.72. The van der Waals surface area contributed by atoms with Gasteiger partial charge in [-0.25, -0.2) is 9.59 Å². The lowest BCUT2D eigenvalue weighted by Crippen LogP contribution is -2.50. The molecule has 1 aliphatic carbocycles. The number of carbonyl (C=O) groups excluding carboxylic acids is 3. The number of nitrogens with one attached hydrogen (secondary N) is 1. The van der Waals surface area contributed by atoms with E-state index < -0.39 is 12.1 Å². The number of piperidine rings is 1. The fraction of sp³-hybridized carbons (Fsp3) is 0.382. The highest BCUT2D eigenvalue weighted by Gasteiger charge is 2.34. The van der Waals surface area contributed by atoms with E-state index in [1.807, 2.05) is 45.6 Å². The number of hydrogen-bond acceptors (Lipinski definition) is 6. The van der Waals surface area contributed by atoms with Crippen LogP contribution in [-0.4, -0.2) is 82.9 Å². The Balaban J connectivity index is 1.06. The van der Waals surface area contributed by atoms with Crippen molar-refractivity contribution in [3.05, 3.63) is 92.7 Å². The number of nitrogens with zero attached hydrogens (tertiary/aromatic N) is 5. The molecule has 1 atom stereocenters. The number of hydrogen-bond donors (Lipinski definition) is 2.